The summed E-state index contributed by atoms with van der Waals surface area (Å²) in [5, 5.41) is -0.475. The molecule has 0 unspecified atom stereocenters. The van der Waals surface area contributed by atoms with Crippen molar-refractivity contribution in [2.75, 3.05) is 6.61 Å². The first-order valence-corrected chi connectivity index (χ1v) is 5.79. The number of nitrogens with zero attached hydrogens (tertiary/aromatic N) is 1. The van der Waals surface area contributed by atoms with E-state index >= 15 is 0 Å². The molecule has 3 nitrogen and oxygen atoms in total. The Labute approximate surface area is 113 Å². The van der Waals surface area contributed by atoms with Crippen molar-refractivity contribution in [3.63, 3.8) is 0 Å². The van der Waals surface area contributed by atoms with Gasteiger partial charge in [-0.3, -0.25) is 4.79 Å². The van der Waals surface area contributed by atoms with Gasteiger partial charge in [0.1, 0.15) is 17.5 Å². The predicted molar refractivity (Wildman–Crippen MR) is 64.3 cm³/mol. The SMILES string of the molecule is CC(C)(C)OCC(=O)c1ccc(C(F)(F)F)nc1Cl. The second-order valence-corrected chi connectivity index (χ2v) is 5.21. The van der Waals surface area contributed by atoms with Crippen LogP contribution < -0.4 is 0 Å². The fraction of sp³-hybridized carbons (Fsp3) is 0.500. The van der Waals surface area contributed by atoms with Gasteiger partial charge in [-0.05, 0) is 32.9 Å². The minimum atomic E-state index is -4.59. The van der Waals surface area contributed by atoms with Crippen LogP contribution in [0.5, 0.6) is 0 Å². The van der Waals surface area contributed by atoms with Gasteiger partial charge in [0.25, 0.3) is 0 Å². The Balaban J connectivity index is 2.88. The van der Waals surface area contributed by atoms with E-state index < -0.39 is 28.4 Å². The average Bonchev–Trinajstić information content (AvgIpc) is 2.23. The fourth-order valence-electron chi connectivity index (χ4n) is 1.16. The number of ketones is 1. The number of carbonyl (C=O) groups is 1. The van der Waals surface area contributed by atoms with Crippen molar-refractivity contribution in [3.8, 4) is 0 Å². The summed E-state index contributed by atoms with van der Waals surface area (Å²) in [6.07, 6.45) is -4.59. The van der Waals surface area contributed by atoms with Crippen molar-refractivity contribution in [3.05, 3.63) is 28.5 Å². The molecule has 1 rings (SSSR count). The summed E-state index contributed by atoms with van der Waals surface area (Å²) in [4.78, 5) is 14.9. The number of carbonyl (C=O) groups excluding carboxylic acids is 1. The van der Waals surface area contributed by atoms with Gasteiger partial charge in [0.05, 0.1) is 11.2 Å². The largest absolute Gasteiger partial charge is 0.433 e. The van der Waals surface area contributed by atoms with E-state index in [1.54, 1.807) is 20.8 Å². The zero-order valence-electron chi connectivity index (χ0n) is 10.6. The smallest absolute Gasteiger partial charge is 0.368 e. The van der Waals surface area contributed by atoms with Crippen molar-refractivity contribution >= 4 is 17.4 Å². The molecule has 19 heavy (non-hydrogen) atoms. The quantitative estimate of drug-likeness (QED) is 0.630. The molecule has 0 saturated carbocycles. The van der Waals surface area contributed by atoms with Gasteiger partial charge in [-0.2, -0.15) is 13.2 Å². The number of halogens is 4. The summed E-state index contributed by atoms with van der Waals surface area (Å²) < 4.78 is 42.4. The molecule has 7 heteroatoms. The normalized spacial score (nSPS) is 12.6. The molecule has 0 bridgehead atoms. The van der Waals surface area contributed by atoms with Crippen LogP contribution in [0.4, 0.5) is 13.2 Å². The molecule has 0 radical (unpaired) electrons. The van der Waals surface area contributed by atoms with Crippen LogP contribution in [0, 0.1) is 0 Å². The Morgan fingerprint density at radius 3 is 2.32 bits per heavy atom. The third-order valence-electron chi connectivity index (χ3n) is 2.08. The van der Waals surface area contributed by atoms with E-state index in [0.29, 0.717) is 0 Å². The first kappa shape index (κ1) is 15.9. The zero-order chi connectivity index (χ0) is 14.8. The van der Waals surface area contributed by atoms with Crippen LogP contribution >= 0.6 is 11.6 Å². The first-order valence-electron chi connectivity index (χ1n) is 5.41. The van der Waals surface area contributed by atoms with E-state index in [9.17, 15) is 18.0 Å². The standard InChI is InChI=1S/C12H13ClF3NO2/c1-11(2,3)19-6-8(18)7-4-5-9(12(14,15)16)17-10(7)13/h4-5H,6H2,1-3H3. The molecule has 0 atom stereocenters. The van der Waals surface area contributed by atoms with E-state index in [1.807, 2.05) is 0 Å². The molecule has 0 amide bonds. The average molecular weight is 296 g/mol. The summed E-state index contributed by atoms with van der Waals surface area (Å²) in [6.45, 7) is 5.00. The number of aromatic nitrogens is 1. The maximum atomic E-state index is 12.4. The topological polar surface area (TPSA) is 39.2 Å². The van der Waals surface area contributed by atoms with E-state index in [0.717, 1.165) is 12.1 Å². The number of alkyl halides is 3. The number of rotatable bonds is 3. The van der Waals surface area contributed by atoms with Crippen LogP contribution in [-0.2, 0) is 10.9 Å². The van der Waals surface area contributed by atoms with Gasteiger partial charge >= 0.3 is 6.18 Å². The number of Topliss-reactive ketones (excluding diaryl/α,β-unsaturated/α-hetero) is 1. The molecule has 1 aromatic heterocycles. The molecular weight excluding hydrogens is 283 g/mol. The van der Waals surface area contributed by atoms with Crippen molar-refractivity contribution in [1.82, 2.24) is 4.98 Å². The van der Waals surface area contributed by atoms with E-state index in [2.05, 4.69) is 4.98 Å². The molecule has 0 fully saturated rings. The monoisotopic (exact) mass is 295 g/mol. The van der Waals surface area contributed by atoms with Gasteiger partial charge in [0.15, 0.2) is 5.78 Å². The number of hydrogen-bond donors (Lipinski definition) is 0. The highest BCUT2D eigenvalue weighted by atomic mass is 35.5. The van der Waals surface area contributed by atoms with E-state index in [1.165, 1.54) is 0 Å². The summed E-state index contributed by atoms with van der Waals surface area (Å²) in [5.41, 5.74) is -1.74. The molecular formula is C12H13ClF3NO2. The highest BCUT2D eigenvalue weighted by molar-refractivity contribution is 6.32. The Bertz CT molecular complexity index is 481. The fourth-order valence-corrected chi connectivity index (χ4v) is 1.42. The van der Waals surface area contributed by atoms with Gasteiger partial charge in [-0.1, -0.05) is 11.6 Å². The predicted octanol–water partition coefficient (Wildman–Crippen LogP) is 3.75. The molecule has 0 aliphatic heterocycles. The van der Waals surface area contributed by atoms with Crippen molar-refractivity contribution in [2.24, 2.45) is 0 Å². The summed E-state index contributed by atoms with van der Waals surface area (Å²) in [5.74, 6) is -0.513. The molecule has 1 heterocycles. The molecule has 0 aromatic carbocycles. The van der Waals surface area contributed by atoms with E-state index in [-0.39, 0.29) is 12.2 Å². The van der Waals surface area contributed by atoms with Crippen LogP contribution in [0.3, 0.4) is 0 Å². The molecule has 0 N–H and O–H groups in total. The van der Waals surface area contributed by atoms with Gasteiger partial charge in [0.2, 0.25) is 0 Å². The highest BCUT2D eigenvalue weighted by Crippen LogP contribution is 2.29. The second kappa shape index (κ2) is 5.46. The van der Waals surface area contributed by atoms with Gasteiger partial charge < -0.3 is 4.74 Å². The molecule has 0 spiro atoms. The Morgan fingerprint density at radius 2 is 1.89 bits per heavy atom. The third-order valence-corrected chi connectivity index (χ3v) is 2.36. The lowest BCUT2D eigenvalue weighted by Gasteiger charge is -2.19. The van der Waals surface area contributed by atoms with Crippen molar-refractivity contribution in [2.45, 2.75) is 32.5 Å². The zero-order valence-corrected chi connectivity index (χ0v) is 11.4. The Morgan fingerprint density at radius 1 is 1.32 bits per heavy atom. The lowest BCUT2D eigenvalue weighted by atomic mass is 10.1. The van der Waals surface area contributed by atoms with Crippen molar-refractivity contribution in [1.29, 1.82) is 0 Å². The number of hydrogen-bond acceptors (Lipinski definition) is 3. The van der Waals surface area contributed by atoms with Crippen LogP contribution in [0.1, 0.15) is 36.8 Å². The number of pyridine rings is 1. The maximum absolute atomic E-state index is 12.4. The van der Waals surface area contributed by atoms with E-state index in [4.69, 9.17) is 16.3 Å². The van der Waals surface area contributed by atoms with Crippen LogP contribution in [-0.4, -0.2) is 23.0 Å². The first-order chi connectivity index (χ1) is 8.50. The lowest BCUT2D eigenvalue weighted by Crippen LogP contribution is -2.24. The molecule has 0 saturated heterocycles. The molecule has 0 aliphatic carbocycles. The minimum absolute atomic E-state index is 0.0843. The lowest BCUT2D eigenvalue weighted by molar-refractivity contribution is -0.141. The van der Waals surface area contributed by atoms with Crippen LogP contribution in [0.15, 0.2) is 12.1 Å². The molecule has 106 valence electrons. The van der Waals surface area contributed by atoms with Crippen LogP contribution in [0.25, 0.3) is 0 Å². The van der Waals surface area contributed by atoms with Gasteiger partial charge in [-0.15, -0.1) is 0 Å². The highest BCUT2D eigenvalue weighted by Gasteiger charge is 2.33. The number of ether oxygens (including phenoxy) is 1. The summed E-state index contributed by atoms with van der Waals surface area (Å²) in [6, 6.07) is 1.72. The minimum Gasteiger partial charge on any atom is -0.368 e. The van der Waals surface area contributed by atoms with Crippen molar-refractivity contribution < 1.29 is 22.7 Å². The summed E-state index contributed by atoms with van der Waals surface area (Å²) in [7, 11) is 0. The molecule has 1 aromatic rings. The maximum Gasteiger partial charge on any atom is 0.433 e. The Hall–Kier alpha value is -1.14. The third kappa shape index (κ3) is 4.80. The second-order valence-electron chi connectivity index (χ2n) is 4.86. The molecule has 0 aliphatic rings. The van der Waals surface area contributed by atoms with Crippen LogP contribution in [0.2, 0.25) is 5.15 Å². The van der Waals surface area contributed by atoms with Gasteiger partial charge in [0, 0.05) is 0 Å². The van der Waals surface area contributed by atoms with Gasteiger partial charge in [-0.25, -0.2) is 4.98 Å². The summed E-state index contributed by atoms with van der Waals surface area (Å²) >= 11 is 5.59. The Kier molecular flexibility index (Phi) is 4.58.